The van der Waals surface area contributed by atoms with Crippen LogP contribution in [0.5, 0.6) is 11.5 Å². The van der Waals surface area contributed by atoms with Crippen molar-refractivity contribution in [3.8, 4) is 22.6 Å². The molecule has 5 aromatic rings. The van der Waals surface area contributed by atoms with E-state index in [4.69, 9.17) is 24.3 Å². The number of ether oxygens (including phenoxy) is 3. The summed E-state index contributed by atoms with van der Waals surface area (Å²) in [5.74, 6) is 1.66. The maximum Gasteiger partial charge on any atom is 0.252 e. The number of carbonyl (C=O) groups excluding carboxylic acids is 1. The van der Waals surface area contributed by atoms with Gasteiger partial charge < -0.3 is 24.6 Å². The summed E-state index contributed by atoms with van der Waals surface area (Å²) in [4.78, 5) is 19.7. The summed E-state index contributed by atoms with van der Waals surface area (Å²) >= 11 is 0. The molecule has 7 heteroatoms. The van der Waals surface area contributed by atoms with Crippen LogP contribution in [0.2, 0.25) is 0 Å². The highest BCUT2D eigenvalue weighted by Gasteiger charge is 2.53. The largest absolute Gasteiger partial charge is 0.497 e. The smallest absolute Gasteiger partial charge is 0.252 e. The van der Waals surface area contributed by atoms with E-state index >= 15 is 0 Å². The molecule has 2 atom stereocenters. The highest BCUT2D eigenvalue weighted by atomic mass is 16.5. The van der Waals surface area contributed by atoms with Crippen LogP contribution in [0.1, 0.15) is 34.8 Å². The fraction of sp³-hybridized carbons (Fsp3) is 0.220. The molecular formula is C41H40N2O5. The molecule has 0 saturated carbocycles. The second kappa shape index (κ2) is 15.5. The van der Waals surface area contributed by atoms with Gasteiger partial charge in [0.05, 0.1) is 13.7 Å². The van der Waals surface area contributed by atoms with Gasteiger partial charge in [-0.25, -0.2) is 4.99 Å². The van der Waals surface area contributed by atoms with Crippen LogP contribution in [-0.4, -0.2) is 49.3 Å². The standard InChI is InChI=1S/C41H40N2O5/c1-46-37-15-8-12-30(28-37)24-25-42-40(45)41(29-31-10-4-2-5-11-31)38(34-18-16-33(17-19-34)32-13-6-3-7-14-32)48-39(43-41)35-20-22-36(23-21-35)47-27-9-26-44/h2-8,10-23,28,38,44H,9,24-27,29H2,1H3,(H,42,45)/t38-,41-/m1/s1. The van der Waals surface area contributed by atoms with Gasteiger partial charge in [0, 0.05) is 31.6 Å². The van der Waals surface area contributed by atoms with E-state index in [1.165, 1.54) is 0 Å². The molecule has 0 fully saturated rings. The number of hydrogen-bond acceptors (Lipinski definition) is 6. The van der Waals surface area contributed by atoms with Crippen molar-refractivity contribution in [1.82, 2.24) is 5.32 Å². The number of aliphatic hydroxyl groups excluding tert-OH is 1. The summed E-state index contributed by atoms with van der Waals surface area (Å²) < 4.78 is 17.9. The van der Waals surface area contributed by atoms with Crippen LogP contribution in [0.4, 0.5) is 0 Å². The molecule has 0 radical (unpaired) electrons. The van der Waals surface area contributed by atoms with Crippen LogP contribution in [0.25, 0.3) is 11.1 Å². The van der Waals surface area contributed by atoms with E-state index in [0.717, 1.165) is 39.1 Å². The topological polar surface area (TPSA) is 89.4 Å². The quantitative estimate of drug-likeness (QED) is 0.128. The third kappa shape index (κ3) is 7.59. The minimum atomic E-state index is -1.28. The predicted octanol–water partition coefficient (Wildman–Crippen LogP) is 6.98. The molecule has 0 spiro atoms. The van der Waals surface area contributed by atoms with Crippen molar-refractivity contribution in [2.45, 2.75) is 30.9 Å². The summed E-state index contributed by atoms with van der Waals surface area (Å²) in [6, 6.07) is 43.7. The number of rotatable bonds is 14. The van der Waals surface area contributed by atoms with Crippen molar-refractivity contribution in [2.75, 3.05) is 26.9 Å². The van der Waals surface area contributed by atoms with E-state index in [0.29, 0.717) is 44.1 Å². The van der Waals surface area contributed by atoms with Crippen molar-refractivity contribution in [3.05, 3.63) is 156 Å². The van der Waals surface area contributed by atoms with Crippen LogP contribution in [0.3, 0.4) is 0 Å². The molecule has 1 amide bonds. The second-order valence-electron chi connectivity index (χ2n) is 11.8. The van der Waals surface area contributed by atoms with E-state index in [2.05, 4.69) is 29.6 Å². The van der Waals surface area contributed by atoms with Crippen LogP contribution < -0.4 is 14.8 Å². The maximum absolute atomic E-state index is 14.6. The lowest BCUT2D eigenvalue weighted by molar-refractivity contribution is -0.128. The summed E-state index contributed by atoms with van der Waals surface area (Å²) in [6.45, 7) is 0.916. The molecule has 5 aromatic carbocycles. The average molecular weight is 641 g/mol. The van der Waals surface area contributed by atoms with Gasteiger partial charge >= 0.3 is 0 Å². The van der Waals surface area contributed by atoms with Crippen LogP contribution in [0.15, 0.2) is 138 Å². The number of amides is 1. The number of methoxy groups -OCH3 is 1. The number of nitrogens with zero attached hydrogens (tertiary/aromatic N) is 1. The average Bonchev–Trinajstić information content (AvgIpc) is 3.53. The lowest BCUT2D eigenvalue weighted by Crippen LogP contribution is -2.50. The Morgan fingerprint density at radius 1 is 0.792 bits per heavy atom. The maximum atomic E-state index is 14.6. The van der Waals surface area contributed by atoms with Gasteiger partial charge in [-0.05, 0) is 70.6 Å². The molecule has 7 nitrogen and oxygen atoms in total. The first-order valence-corrected chi connectivity index (χ1v) is 16.3. The Balaban J connectivity index is 1.35. The molecule has 1 aliphatic heterocycles. The van der Waals surface area contributed by atoms with Gasteiger partial charge in [-0.1, -0.05) is 97.1 Å². The number of aliphatic hydroxyl groups is 1. The Kier molecular flexibility index (Phi) is 10.5. The van der Waals surface area contributed by atoms with Gasteiger partial charge in [-0.3, -0.25) is 4.79 Å². The molecule has 48 heavy (non-hydrogen) atoms. The number of aliphatic imine (C=N–C) groups is 1. The Hall–Kier alpha value is -5.40. The Bertz CT molecular complexity index is 1810. The van der Waals surface area contributed by atoms with Crippen LogP contribution in [-0.2, 0) is 22.4 Å². The first kappa shape index (κ1) is 32.5. The number of hydrogen-bond donors (Lipinski definition) is 2. The van der Waals surface area contributed by atoms with E-state index in [-0.39, 0.29) is 12.5 Å². The van der Waals surface area contributed by atoms with Gasteiger partial charge in [0.25, 0.3) is 5.91 Å². The number of carbonyl (C=O) groups is 1. The van der Waals surface area contributed by atoms with Crippen molar-refractivity contribution >= 4 is 11.8 Å². The minimum absolute atomic E-state index is 0.0710. The Morgan fingerprint density at radius 2 is 1.46 bits per heavy atom. The molecule has 0 bridgehead atoms. The van der Waals surface area contributed by atoms with Crippen molar-refractivity contribution in [3.63, 3.8) is 0 Å². The Labute approximate surface area is 281 Å². The first-order chi connectivity index (χ1) is 23.6. The molecule has 0 aliphatic carbocycles. The molecule has 0 aromatic heterocycles. The lowest BCUT2D eigenvalue weighted by atomic mass is 9.81. The fourth-order valence-corrected chi connectivity index (χ4v) is 5.97. The second-order valence-corrected chi connectivity index (χ2v) is 11.8. The molecule has 2 N–H and O–H groups in total. The van der Waals surface area contributed by atoms with Crippen molar-refractivity contribution < 1.29 is 24.1 Å². The van der Waals surface area contributed by atoms with E-state index in [9.17, 15) is 4.79 Å². The summed E-state index contributed by atoms with van der Waals surface area (Å²) in [5, 5.41) is 12.3. The lowest BCUT2D eigenvalue weighted by Gasteiger charge is -2.31. The van der Waals surface area contributed by atoms with Gasteiger partial charge in [0.1, 0.15) is 11.5 Å². The first-order valence-electron chi connectivity index (χ1n) is 16.3. The Morgan fingerprint density at radius 3 is 2.17 bits per heavy atom. The predicted molar refractivity (Wildman–Crippen MR) is 188 cm³/mol. The molecule has 0 saturated heterocycles. The van der Waals surface area contributed by atoms with Gasteiger partial charge in [-0.15, -0.1) is 0 Å². The summed E-state index contributed by atoms with van der Waals surface area (Å²) in [5.41, 5.74) is 4.55. The van der Waals surface area contributed by atoms with Crippen LogP contribution >= 0.6 is 0 Å². The summed E-state index contributed by atoms with van der Waals surface area (Å²) in [7, 11) is 1.65. The zero-order chi connectivity index (χ0) is 33.2. The van der Waals surface area contributed by atoms with E-state index in [1.807, 2.05) is 109 Å². The zero-order valence-electron chi connectivity index (χ0n) is 27.0. The third-order valence-electron chi connectivity index (χ3n) is 8.50. The normalized spacial score (nSPS) is 16.9. The molecule has 1 aliphatic rings. The third-order valence-corrected chi connectivity index (χ3v) is 8.50. The monoisotopic (exact) mass is 640 g/mol. The van der Waals surface area contributed by atoms with Gasteiger partial charge in [0.2, 0.25) is 5.90 Å². The highest BCUT2D eigenvalue weighted by molar-refractivity contribution is 6.01. The summed E-state index contributed by atoms with van der Waals surface area (Å²) in [6.07, 6.45) is 0.845. The molecular weight excluding hydrogens is 600 g/mol. The molecule has 1 heterocycles. The zero-order valence-corrected chi connectivity index (χ0v) is 27.0. The van der Waals surface area contributed by atoms with Gasteiger partial charge in [-0.2, -0.15) is 0 Å². The van der Waals surface area contributed by atoms with Crippen LogP contribution in [0, 0.1) is 0 Å². The molecule has 244 valence electrons. The number of benzene rings is 5. The minimum Gasteiger partial charge on any atom is -0.497 e. The fourth-order valence-electron chi connectivity index (χ4n) is 5.97. The molecule has 0 unspecified atom stereocenters. The van der Waals surface area contributed by atoms with E-state index in [1.54, 1.807) is 7.11 Å². The van der Waals surface area contributed by atoms with Crippen molar-refractivity contribution in [1.29, 1.82) is 0 Å². The van der Waals surface area contributed by atoms with E-state index < -0.39 is 11.6 Å². The molecule has 6 rings (SSSR count). The van der Waals surface area contributed by atoms with Gasteiger partial charge in [0.15, 0.2) is 11.6 Å². The van der Waals surface area contributed by atoms with Crippen molar-refractivity contribution in [2.24, 2.45) is 4.99 Å². The SMILES string of the molecule is COc1cccc(CCNC(=O)[C@]2(Cc3ccccc3)N=C(c3ccc(OCCCO)cc3)O[C@@H]2c2ccc(-c3ccccc3)cc2)c1. The number of nitrogens with one attached hydrogen (secondary N) is 1. The highest BCUT2D eigenvalue weighted by Crippen LogP contribution is 2.43.